The second kappa shape index (κ2) is 10.5. The van der Waals surface area contributed by atoms with Crippen molar-refractivity contribution in [3.8, 4) is 0 Å². The Morgan fingerprint density at radius 2 is 2.00 bits per heavy atom. The first-order chi connectivity index (χ1) is 15.5. The number of carbonyl (C=O) groups is 1. The van der Waals surface area contributed by atoms with Gasteiger partial charge in [-0.05, 0) is 30.2 Å². The number of hydrogen-bond donors (Lipinski definition) is 2. The summed E-state index contributed by atoms with van der Waals surface area (Å²) in [6, 6.07) is 15.3. The fraction of sp³-hybridized carbons (Fsp3) is 0.348. The van der Waals surface area contributed by atoms with Crippen molar-refractivity contribution in [3.05, 3.63) is 70.2 Å². The number of ether oxygens (including phenoxy) is 2. The van der Waals surface area contributed by atoms with Gasteiger partial charge in [0, 0.05) is 30.3 Å². The number of hydrogen-bond acceptors (Lipinski definition) is 8. The normalized spacial score (nSPS) is 20.8. The molecule has 7 nitrogen and oxygen atoms in total. The molecule has 32 heavy (non-hydrogen) atoms. The summed E-state index contributed by atoms with van der Waals surface area (Å²) in [5, 5.41) is 21.4. The van der Waals surface area contributed by atoms with Gasteiger partial charge >= 0.3 is 0 Å². The van der Waals surface area contributed by atoms with E-state index in [1.165, 1.54) is 6.92 Å². The first-order valence-electron chi connectivity index (χ1n) is 10.3. The summed E-state index contributed by atoms with van der Waals surface area (Å²) in [7, 11) is 0. The van der Waals surface area contributed by atoms with Crippen LogP contribution < -0.4 is 5.32 Å². The van der Waals surface area contributed by atoms with Crippen LogP contribution in [0.4, 0.5) is 5.69 Å². The molecule has 9 heteroatoms. The third-order valence-electron chi connectivity index (χ3n) is 4.99. The monoisotopic (exact) mass is 471 g/mol. The van der Waals surface area contributed by atoms with Crippen LogP contribution >= 0.6 is 23.1 Å². The second-order valence-corrected chi connectivity index (χ2v) is 10.0. The van der Waals surface area contributed by atoms with Crippen molar-refractivity contribution in [3.63, 3.8) is 0 Å². The largest absolute Gasteiger partial charge is 0.392 e. The van der Waals surface area contributed by atoms with Crippen LogP contribution in [-0.4, -0.2) is 33.1 Å². The van der Waals surface area contributed by atoms with E-state index in [1.54, 1.807) is 23.1 Å². The highest BCUT2D eigenvalue weighted by molar-refractivity contribution is 8.01. The number of carbonyl (C=O) groups excluding carboxylic acids is 1. The zero-order chi connectivity index (χ0) is 22.5. The lowest BCUT2D eigenvalue weighted by Crippen LogP contribution is -2.31. The van der Waals surface area contributed by atoms with Gasteiger partial charge in [-0.25, -0.2) is 0 Å². The van der Waals surface area contributed by atoms with E-state index in [0.29, 0.717) is 12.1 Å². The Morgan fingerprint density at radius 3 is 2.69 bits per heavy atom. The SMILES string of the molecule is CC(=O)Nc1cccc(C2OC(CSc3nnc(C)s3)CC(c3ccc(CO)cc3)O2)c1. The molecular formula is C23H25N3O4S2. The number of anilines is 1. The Kier molecular flexibility index (Phi) is 7.54. The summed E-state index contributed by atoms with van der Waals surface area (Å²) < 4.78 is 13.6. The van der Waals surface area contributed by atoms with Gasteiger partial charge in [-0.3, -0.25) is 4.79 Å². The van der Waals surface area contributed by atoms with Crippen molar-refractivity contribution >= 4 is 34.7 Å². The zero-order valence-corrected chi connectivity index (χ0v) is 19.5. The lowest BCUT2D eigenvalue weighted by molar-refractivity contribution is -0.245. The molecule has 0 saturated carbocycles. The molecule has 0 bridgehead atoms. The average Bonchev–Trinajstić information content (AvgIpc) is 3.22. The number of thioether (sulfide) groups is 1. The molecule has 0 spiro atoms. The number of rotatable bonds is 7. The van der Waals surface area contributed by atoms with Gasteiger partial charge in [-0.15, -0.1) is 10.2 Å². The number of aliphatic hydroxyl groups is 1. The predicted octanol–water partition coefficient (Wildman–Crippen LogP) is 4.63. The van der Waals surface area contributed by atoms with Gasteiger partial charge in [0.15, 0.2) is 10.6 Å². The molecule has 2 N–H and O–H groups in total. The highest BCUT2D eigenvalue weighted by Gasteiger charge is 2.32. The molecule has 1 fully saturated rings. The van der Waals surface area contributed by atoms with E-state index in [1.807, 2.05) is 55.5 Å². The molecule has 4 rings (SSSR count). The Bertz CT molecular complexity index is 1060. The van der Waals surface area contributed by atoms with Crippen LogP contribution in [-0.2, 0) is 20.9 Å². The van der Waals surface area contributed by atoms with Crippen LogP contribution in [0.3, 0.4) is 0 Å². The van der Waals surface area contributed by atoms with E-state index >= 15 is 0 Å². The van der Waals surface area contributed by atoms with Gasteiger partial charge in [-0.2, -0.15) is 0 Å². The van der Waals surface area contributed by atoms with E-state index in [-0.39, 0.29) is 24.7 Å². The van der Waals surface area contributed by atoms with Crippen molar-refractivity contribution in [2.45, 2.75) is 49.7 Å². The summed E-state index contributed by atoms with van der Waals surface area (Å²) in [6.07, 6.45) is -0.0881. The first kappa shape index (κ1) is 22.9. The van der Waals surface area contributed by atoms with Crippen LogP contribution in [0, 0.1) is 6.92 Å². The average molecular weight is 472 g/mol. The van der Waals surface area contributed by atoms with E-state index in [0.717, 1.165) is 31.8 Å². The van der Waals surface area contributed by atoms with E-state index < -0.39 is 6.29 Å². The standard InChI is InChI=1S/C23H25N3O4S2/c1-14(28)24-19-5-3-4-18(10-19)22-29-20(13-31-23-26-25-15(2)32-23)11-21(30-22)17-8-6-16(12-27)7-9-17/h3-10,20-22,27H,11-13H2,1-2H3,(H,24,28). The van der Waals surface area contributed by atoms with E-state index in [2.05, 4.69) is 15.5 Å². The second-order valence-electron chi connectivity index (χ2n) is 7.55. The number of aromatic nitrogens is 2. The van der Waals surface area contributed by atoms with E-state index in [9.17, 15) is 9.90 Å². The van der Waals surface area contributed by atoms with E-state index in [4.69, 9.17) is 9.47 Å². The molecule has 3 atom stereocenters. The van der Waals surface area contributed by atoms with Crippen LogP contribution in [0.5, 0.6) is 0 Å². The summed E-state index contributed by atoms with van der Waals surface area (Å²) in [4.78, 5) is 11.5. The van der Waals surface area contributed by atoms with Crippen molar-refractivity contribution in [1.82, 2.24) is 10.2 Å². The minimum Gasteiger partial charge on any atom is -0.392 e. The molecule has 2 heterocycles. The maximum absolute atomic E-state index is 11.5. The van der Waals surface area contributed by atoms with Gasteiger partial charge in [0.1, 0.15) is 5.01 Å². The van der Waals surface area contributed by atoms with Crippen LogP contribution in [0.2, 0.25) is 0 Å². The third-order valence-corrected chi connectivity index (χ3v) is 7.10. The number of amides is 1. The maximum atomic E-state index is 11.5. The van der Waals surface area contributed by atoms with Crippen LogP contribution in [0.1, 0.15) is 47.4 Å². The van der Waals surface area contributed by atoms with Crippen LogP contribution in [0.25, 0.3) is 0 Å². The van der Waals surface area contributed by atoms with Gasteiger partial charge < -0.3 is 19.9 Å². The predicted molar refractivity (Wildman–Crippen MR) is 125 cm³/mol. The summed E-state index contributed by atoms with van der Waals surface area (Å²) in [6.45, 7) is 3.43. The fourth-order valence-corrected chi connectivity index (χ4v) is 5.35. The lowest BCUT2D eigenvalue weighted by Gasteiger charge is -2.36. The molecule has 1 aromatic heterocycles. The summed E-state index contributed by atoms with van der Waals surface area (Å²) >= 11 is 3.21. The maximum Gasteiger partial charge on any atom is 0.221 e. The Morgan fingerprint density at radius 1 is 1.19 bits per heavy atom. The van der Waals surface area contributed by atoms with Crippen molar-refractivity contribution < 1.29 is 19.4 Å². The lowest BCUT2D eigenvalue weighted by atomic mass is 10.0. The summed E-state index contributed by atoms with van der Waals surface area (Å²) in [5.41, 5.74) is 3.44. The van der Waals surface area contributed by atoms with Crippen molar-refractivity contribution in [2.75, 3.05) is 11.1 Å². The highest BCUT2D eigenvalue weighted by atomic mass is 32.2. The third kappa shape index (κ3) is 5.93. The molecule has 1 aliphatic rings. The van der Waals surface area contributed by atoms with Crippen molar-refractivity contribution in [2.24, 2.45) is 0 Å². The minimum absolute atomic E-state index is 0.00795. The zero-order valence-electron chi connectivity index (χ0n) is 17.9. The molecule has 0 radical (unpaired) electrons. The summed E-state index contributed by atoms with van der Waals surface area (Å²) in [5.74, 6) is 0.599. The minimum atomic E-state index is -0.568. The fourth-order valence-electron chi connectivity index (χ4n) is 3.49. The highest BCUT2D eigenvalue weighted by Crippen LogP contribution is 2.40. The molecule has 1 aliphatic heterocycles. The molecular weight excluding hydrogens is 446 g/mol. The van der Waals surface area contributed by atoms with Gasteiger partial charge in [0.25, 0.3) is 0 Å². The number of aliphatic hydroxyl groups excluding tert-OH is 1. The smallest absolute Gasteiger partial charge is 0.221 e. The number of nitrogens with one attached hydrogen (secondary N) is 1. The molecule has 2 aromatic carbocycles. The van der Waals surface area contributed by atoms with Crippen molar-refractivity contribution in [1.29, 1.82) is 0 Å². The quantitative estimate of drug-likeness (QED) is 0.485. The Labute approximate surface area is 195 Å². The van der Waals surface area contributed by atoms with Gasteiger partial charge in [-0.1, -0.05) is 59.5 Å². The molecule has 1 amide bonds. The number of aryl methyl sites for hydroxylation is 1. The molecule has 0 aliphatic carbocycles. The molecule has 3 aromatic rings. The van der Waals surface area contributed by atoms with Gasteiger partial charge in [0.2, 0.25) is 5.91 Å². The molecule has 168 valence electrons. The Balaban J connectivity index is 1.54. The number of benzene rings is 2. The molecule has 3 unspecified atom stereocenters. The van der Waals surface area contributed by atoms with Crippen LogP contribution in [0.15, 0.2) is 52.9 Å². The Hall–Kier alpha value is -2.30. The first-order valence-corrected chi connectivity index (χ1v) is 12.1. The number of nitrogens with zero attached hydrogens (tertiary/aromatic N) is 2. The van der Waals surface area contributed by atoms with Gasteiger partial charge in [0.05, 0.1) is 18.8 Å². The molecule has 1 saturated heterocycles. The topological polar surface area (TPSA) is 93.6 Å².